The Labute approximate surface area is 132 Å². The maximum atomic E-state index is 12.8. The summed E-state index contributed by atoms with van der Waals surface area (Å²) in [6.07, 6.45) is 1.62. The lowest BCUT2D eigenvalue weighted by atomic mass is 10.1. The van der Waals surface area contributed by atoms with Crippen LogP contribution in [0.1, 0.15) is 11.1 Å². The van der Waals surface area contributed by atoms with E-state index in [1.165, 1.54) is 0 Å². The van der Waals surface area contributed by atoms with Gasteiger partial charge in [0.05, 0.1) is 9.80 Å². The molecule has 0 fully saturated rings. The molecule has 0 radical (unpaired) electrons. The molecular weight excluding hydrogens is 352 g/mol. The van der Waals surface area contributed by atoms with Gasteiger partial charge >= 0.3 is 0 Å². The second-order valence-corrected chi connectivity index (χ2v) is 7.67. The fraction of sp³-hybridized carbons (Fsp3) is 0.125. The smallest absolute Gasteiger partial charge is 0.207 e. The van der Waals surface area contributed by atoms with Gasteiger partial charge in [0.1, 0.15) is 12.4 Å². The maximum Gasteiger partial charge on any atom is 0.207 e. The summed E-state index contributed by atoms with van der Waals surface area (Å²) in [4.78, 5) is 0.607. The van der Waals surface area contributed by atoms with Gasteiger partial charge < -0.3 is 4.74 Å². The van der Waals surface area contributed by atoms with Crippen LogP contribution in [-0.4, -0.2) is 15.0 Å². The van der Waals surface area contributed by atoms with Gasteiger partial charge in [-0.25, -0.2) is 8.42 Å². The van der Waals surface area contributed by atoms with Crippen LogP contribution in [-0.2, 0) is 9.84 Å². The average Bonchev–Trinajstić information content (AvgIpc) is 2.46. The highest BCUT2D eigenvalue weighted by molar-refractivity contribution is 9.10. The molecule has 1 aliphatic heterocycles. The summed E-state index contributed by atoms with van der Waals surface area (Å²) in [5.41, 5.74) is 1.63. The van der Waals surface area contributed by atoms with Crippen molar-refractivity contribution in [2.75, 3.05) is 6.61 Å². The van der Waals surface area contributed by atoms with Crippen LogP contribution < -0.4 is 4.74 Å². The van der Waals surface area contributed by atoms with E-state index >= 15 is 0 Å². The molecule has 1 heterocycles. The number of hydrogen-bond acceptors (Lipinski definition) is 3. The van der Waals surface area contributed by atoms with Crippen LogP contribution in [0.4, 0.5) is 0 Å². The van der Waals surface area contributed by atoms with Crippen LogP contribution in [0.25, 0.3) is 4.91 Å². The number of benzene rings is 2. The normalized spacial score (nSPS) is 14.1. The zero-order valence-corrected chi connectivity index (χ0v) is 13.7. The summed E-state index contributed by atoms with van der Waals surface area (Å²) >= 11 is 3.36. The molecular formula is C16H13BrO3S. The van der Waals surface area contributed by atoms with Crippen molar-refractivity contribution in [3.05, 3.63) is 64.1 Å². The average molecular weight is 365 g/mol. The highest BCUT2D eigenvalue weighted by Gasteiger charge is 2.27. The molecule has 3 nitrogen and oxygen atoms in total. The molecule has 0 N–H and O–H groups in total. The third-order valence-corrected chi connectivity index (χ3v) is 5.69. The Hall–Kier alpha value is -1.59. The van der Waals surface area contributed by atoms with Gasteiger partial charge in [-0.2, -0.15) is 0 Å². The lowest BCUT2D eigenvalue weighted by Gasteiger charge is -2.19. The number of aryl methyl sites for hydroxylation is 1. The molecule has 21 heavy (non-hydrogen) atoms. The van der Waals surface area contributed by atoms with Crippen molar-refractivity contribution in [2.45, 2.75) is 11.8 Å². The Bertz CT molecular complexity index is 821. The molecule has 2 aromatic rings. The molecule has 0 bridgehead atoms. The molecule has 0 saturated heterocycles. The van der Waals surface area contributed by atoms with E-state index in [9.17, 15) is 8.42 Å². The van der Waals surface area contributed by atoms with E-state index in [0.29, 0.717) is 21.1 Å². The lowest BCUT2D eigenvalue weighted by Crippen LogP contribution is -2.12. The minimum absolute atomic E-state index is 0.254. The van der Waals surface area contributed by atoms with E-state index in [1.54, 1.807) is 42.5 Å². The van der Waals surface area contributed by atoms with E-state index < -0.39 is 9.84 Å². The van der Waals surface area contributed by atoms with Gasteiger partial charge in [-0.15, -0.1) is 0 Å². The van der Waals surface area contributed by atoms with Crippen molar-refractivity contribution in [1.82, 2.24) is 0 Å². The van der Waals surface area contributed by atoms with E-state index in [-0.39, 0.29) is 6.61 Å². The predicted octanol–water partition coefficient (Wildman–Crippen LogP) is 3.96. The second kappa shape index (κ2) is 5.31. The molecule has 0 spiro atoms. The van der Waals surface area contributed by atoms with Crippen LogP contribution in [0.3, 0.4) is 0 Å². The van der Waals surface area contributed by atoms with Crippen molar-refractivity contribution >= 4 is 30.7 Å². The minimum Gasteiger partial charge on any atom is -0.489 e. The molecule has 1 aliphatic rings. The molecule has 108 valence electrons. The lowest BCUT2D eigenvalue weighted by molar-refractivity contribution is 0.357. The van der Waals surface area contributed by atoms with Gasteiger partial charge in [0.2, 0.25) is 9.84 Å². The maximum absolute atomic E-state index is 12.8. The molecule has 0 aromatic heterocycles. The summed E-state index contributed by atoms with van der Waals surface area (Å²) in [6, 6.07) is 12.2. The summed E-state index contributed by atoms with van der Waals surface area (Å²) in [7, 11) is -3.54. The Kier molecular flexibility index (Phi) is 3.63. The van der Waals surface area contributed by atoms with E-state index in [0.717, 1.165) is 10.0 Å². The van der Waals surface area contributed by atoms with Gasteiger partial charge in [0.25, 0.3) is 0 Å². The Morgan fingerprint density at radius 1 is 1.10 bits per heavy atom. The Morgan fingerprint density at radius 2 is 1.81 bits per heavy atom. The van der Waals surface area contributed by atoms with Gasteiger partial charge in [-0.1, -0.05) is 33.6 Å². The standard InChI is InChI=1S/C16H13BrO3S/c1-11-2-5-13(6-3-11)21(18,19)16-8-9-20-15-10-12(17)4-7-14(15)16/h2-8,10H,9H2,1H3. The molecule has 0 atom stereocenters. The van der Waals surface area contributed by atoms with Gasteiger partial charge in [0.15, 0.2) is 0 Å². The fourth-order valence-corrected chi connectivity index (χ4v) is 4.07. The number of sulfone groups is 1. The minimum atomic E-state index is -3.54. The molecule has 0 aliphatic carbocycles. The van der Waals surface area contributed by atoms with Crippen molar-refractivity contribution in [3.8, 4) is 5.75 Å². The predicted molar refractivity (Wildman–Crippen MR) is 86.0 cm³/mol. The first-order valence-corrected chi connectivity index (χ1v) is 8.71. The third kappa shape index (κ3) is 2.63. The van der Waals surface area contributed by atoms with Crippen molar-refractivity contribution in [3.63, 3.8) is 0 Å². The number of rotatable bonds is 2. The molecule has 3 rings (SSSR count). The monoisotopic (exact) mass is 364 g/mol. The SMILES string of the molecule is Cc1ccc(S(=O)(=O)C2=CCOc3cc(Br)ccc32)cc1. The van der Waals surface area contributed by atoms with Crippen molar-refractivity contribution in [1.29, 1.82) is 0 Å². The second-order valence-electron chi connectivity index (χ2n) is 4.84. The topological polar surface area (TPSA) is 43.4 Å². The Morgan fingerprint density at radius 3 is 2.52 bits per heavy atom. The molecule has 0 saturated carbocycles. The zero-order valence-electron chi connectivity index (χ0n) is 11.3. The quantitative estimate of drug-likeness (QED) is 0.809. The third-order valence-electron chi connectivity index (χ3n) is 3.34. The van der Waals surface area contributed by atoms with Crippen LogP contribution in [0, 0.1) is 6.92 Å². The first-order valence-electron chi connectivity index (χ1n) is 6.43. The zero-order chi connectivity index (χ0) is 15.0. The van der Waals surface area contributed by atoms with Crippen LogP contribution in [0.5, 0.6) is 5.75 Å². The van der Waals surface area contributed by atoms with E-state index in [1.807, 2.05) is 13.0 Å². The molecule has 2 aromatic carbocycles. The van der Waals surface area contributed by atoms with E-state index in [2.05, 4.69) is 15.9 Å². The van der Waals surface area contributed by atoms with E-state index in [4.69, 9.17) is 4.74 Å². The summed E-state index contributed by atoms with van der Waals surface area (Å²) in [6.45, 7) is 2.18. The van der Waals surface area contributed by atoms with Gasteiger partial charge in [0, 0.05) is 10.0 Å². The Balaban J connectivity index is 2.12. The van der Waals surface area contributed by atoms with Crippen molar-refractivity contribution in [2.24, 2.45) is 0 Å². The fourth-order valence-electron chi connectivity index (χ4n) is 2.24. The molecule has 5 heteroatoms. The first kappa shape index (κ1) is 14.4. The highest BCUT2D eigenvalue weighted by atomic mass is 79.9. The number of hydrogen-bond donors (Lipinski definition) is 0. The molecule has 0 amide bonds. The number of ether oxygens (including phenoxy) is 1. The van der Waals surface area contributed by atoms with Gasteiger partial charge in [-0.3, -0.25) is 0 Å². The largest absolute Gasteiger partial charge is 0.489 e. The van der Waals surface area contributed by atoms with Crippen molar-refractivity contribution < 1.29 is 13.2 Å². The van der Waals surface area contributed by atoms with Crippen LogP contribution in [0.15, 0.2) is 57.9 Å². The van der Waals surface area contributed by atoms with Gasteiger partial charge in [-0.05, 0) is 43.3 Å². The first-order chi connectivity index (χ1) is 9.98. The molecule has 0 unspecified atom stereocenters. The van der Waals surface area contributed by atoms with Crippen LogP contribution in [0.2, 0.25) is 0 Å². The summed E-state index contributed by atoms with van der Waals surface area (Å²) in [5, 5.41) is 0. The highest BCUT2D eigenvalue weighted by Crippen LogP contribution is 2.37. The summed E-state index contributed by atoms with van der Waals surface area (Å²) < 4.78 is 32.0. The van der Waals surface area contributed by atoms with Crippen LogP contribution >= 0.6 is 15.9 Å². The number of halogens is 1. The summed E-state index contributed by atoms with van der Waals surface area (Å²) in [5.74, 6) is 0.581. The number of fused-ring (bicyclic) bond motifs is 1.